The van der Waals surface area contributed by atoms with E-state index < -0.39 is 0 Å². The van der Waals surface area contributed by atoms with Crippen LogP contribution in [-0.4, -0.2) is 14.8 Å². The predicted octanol–water partition coefficient (Wildman–Crippen LogP) is 7.33. The summed E-state index contributed by atoms with van der Waals surface area (Å²) in [6.45, 7) is 0. The van der Waals surface area contributed by atoms with Crippen molar-refractivity contribution < 1.29 is 0 Å². The van der Waals surface area contributed by atoms with Crippen LogP contribution in [0.25, 0.3) is 5.69 Å². The fourth-order valence-electron chi connectivity index (χ4n) is 6.68. The molecule has 31 heavy (non-hydrogen) atoms. The van der Waals surface area contributed by atoms with Crippen molar-refractivity contribution >= 4 is 35.0 Å². The van der Waals surface area contributed by atoms with E-state index in [-0.39, 0.29) is 5.41 Å². The summed E-state index contributed by atoms with van der Waals surface area (Å²) in [5.74, 6) is 4.59. The van der Waals surface area contributed by atoms with Gasteiger partial charge in [0.25, 0.3) is 0 Å². The molecule has 4 bridgehead atoms. The standard InChI is InChI=1S/C25H25Cl2N3S/c26-21-7-6-16(11-22(21)27)15-31-24-29-28-23(30(24)20-4-2-1-3-5-20)25-12-17-8-18(13-25)10-19(9-17)14-25/h1-7,11,17-19H,8-10,12-15H2. The SMILES string of the molecule is Clc1ccc(CSc2nnc(C34CC5CC(CC(C5)C3)C4)n2-c2ccccc2)cc1Cl. The van der Waals surface area contributed by atoms with Gasteiger partial charge in [0.05, 0.1) is 10.0 Å². The third-order valence-electron chi connectivity index (χ3n) is 7.51. The minimum absolute atomic E-state index is 0.194. The van der Waals surface area contributed by atoms with E-state index in [1.54, 1.807) is 11.8 Å². The summed E-state index contributed by atoms with van der Waals surface area (Å²) in [6.07, 6.45) is 8.12. The van der Waals surface area contributed by atoms with E-state index in [2.05, 4.69) is 34.9 Å². The topological polar surface area (TPSA) is 30.7 Å². The fourth-order valence-corrected chi connectivity index (χ4v) is 7.89. The van der Waals surface area contributed by atoms with Crippen molar-refractivity contribution in [2.45, 2.75) is 54.8 Å². The Morgan fingerprint density at radius 2 is 1.55 bits per heavy atom. The molecule has 160 valence electrons. The van der Waals surface area contributed by atoms with Crippen LogP contribution in [0.3, 0.4) is 0 Å². The summed E-state index contributed by atoms with van der Waals surface area (Å²) >= 11 is 14.0. The number of benzene rings is 2. The van der Waals surface area contributed by atoms with Gasteiger partial charge in [-0.25, -0.2) is 0 Å². The summed E-state index contributed by atoms with van der Waals surface area (Å²) in [7, 11) is 0. The van der Waals surface area contributed by atoms with Crippen molar-refractivity contribution in [2.75, 3.05) is 0 Å². The van der Waals surface area contributed by atoms with Crippen molar-refractivity contribution in [2.24, 2.45) is 17.8 Å². The zero-order valence-corrected chi connectivity index (χ0v) is 19.6. The summed E-state index contributed by atoms with van der Waals surface area (Å²) < 4.78 is 2.34. The molecule has 4 fully saturated rings. The van der Waals surface area contributed by atoms with Crippen LogP contribution in [0.4, 0.5) is 0 Å². The predicted molar refractivity (Wildman–Crippen MR) is 127 cm³/mol. The van der Waals surface area contributed by atoms with E-state index in [0.29, 0.717) is 10.0 Å². The molecule has 0 spiro atoms. The van der Waals surface area contributed by atoms with Crippen LogP contribution < -0.4 is 0 Å². The van der Waals surface area contributed by atoms with Crippen molar-refractivity contribution in [3.63, 3.8) is 0 Å². The Balaban J connectivity index is 1.38. The smallest absolute Gasteiger partial charge is 0.196 e. The van der Waals surface area contributed by atoms with Gasteiger partial charge in [0.15, 0.2) is 5.16 Å². The summed E-state index contributed by atoms with van der Waals surface area (Å²) in [4.78, 5) is 0. The molecule has 7 rings (SSSR count). The first-order chi connectivity index (χ1) is 15.1. The molecule has 1 aromatic heterocycles. The zero-order valence-electron chi connectivity index (χ0n) is 17.3. The van der Waals surface area contributed by atoms with Gasteiger partial charge in [0.1, 0.15) is 5.82 Å². The maximum atomic E-state index is 6.23. The first-order valence-corrected chi connectivity index (χ1v) is 12.9. The number of rotatable bonds is 5. The molecule has 0 saturated heterocycles. The average molecular weight is 470 g/mol. The van der Waals surface area contributed by atoms with Crippen LogP contribution in [0.15, 0.2) is 53.7 Å². The molecule has 2 aromatic carbocycles. The molecule has 4 saturated carbocycles. The average Bonchev–Trinajstić information content (AvgIpc) is 3.19. The Hall–Kier alpha value is -1.49. The van der Waals surface area contributed by atoms with Crippen LogP contribution in [0.2, 0.25) is 10.0 Å². The van der Waals surface area contributed by atoms with Gasteiger partial charge in [-0.2, -0.15) is 0 Å². The second-order valence-corrected chi connectivity index (χ2v) is 11.5. The normalized spacial score (nSPS) is 28.9. The third kappa shape index (κ3) is 3.61. The molecule has 3 aromatic rings. The lowest BCUT2D eigenvalue weighted by Gasteiger charge is -2.56. The zero-order chi connectivity index (χ0) is 21.0. The van der Waals surface area contributed by atoms with E-state index in [1.165, 1.54) is 44.3 Å². The molecule has 4 aliphatic rings. The number of hydrogen-bond acceptors (Lipinski definition) is 3. The van der Waals surface area contributed by atoms with Gasteiger partial charge >= 0.3 is 0 Å². The summed E-state index contributed by atoms with van der Waals surface area (Å²) in [6, 6.07) is 16.5. The van der Waals surface area contributed by atoms with Gasteiger partial charge in [-0.1, -0.05) is 59.2 Å². The third-order valence-corrected chi connectivity index (χ3v) is 9.25. The Bertz CT molecular complexity index is 1080. The molecular weight excluding hydrogens is 445 g/mol. The second kappa shape index (κ2) is 7.83. The largest absolute Gasteiger partial charge is 0.274 e. The second-order valence-electron chi connectivity index (χ2n) is 9.71. The van der Waals surface area contributed by atoms with Gasteiger partial charge < -0.3 is 0 Å². The van der Waals surface area contributed by atoms with Gasteiger partial charge in [0, 0.05) is 16.9 Å². The highest BCUT2D eigenvalue weighted by Crippen LogP contribution is 2.60. The monoisotopic (exact) mass is 469 g/mol. The summed E-state index contributed by atoms with van der Waals surface area (Å²) in [5, 5.41) is 11.7. The minimum atomic E-state index is 0.194. The lowest BCUT2D eigenvalue weighted by Crippen LogP contribution is -2.49. The van der Waals surface area contributed by atoms with Gasteiger partial charge in [0.2, 0.25) is 0 Å². The highest BCUT2D eigenvalue weighted by molar-refractivity contribution is 7.98. The van der Waals surface area contributed by atoms with Crippen molar-refractivity contribution in [1.29, 1.82) is 0 Å². The van der Waals surface area contributed by atoms with Crippen LogP contribution in [0, 0.1) is 17.8 Å². The number of thioether (sulfide) groups is 1. The lowest BCUT2D eigenvalue weighted by molar-refractivity contribution is -0.0103. The van der Waals surface area contributed by atoms with Crippen LogP contribution >= 0.6 is 35.0 Å². The Morgan fingerprint density at radius 1 is 0.871 bits per heavy atom. The van der Waals surface area contributed by atoms with E-state index in [1.807, 2.05) is 18.2 Å². The number of nitrogens with zero attached hydrogens (tertiary/aromatic N) is 3. The molecule has 1 heterocycles. The van der Waals surface area contributed by atoms with Crippen molar-refractivity contribution in [3.05, 3.63) is 70.0 Å². The Labute approximate surface area is 197 Å². The van der Waals surface area contributed by atoms with E-state index in [0.717, 1.165) is 39.9 Å². The highest BCUT2D eigenvalue weighted by Gasteiger charge is 2.54. The maximum absolute atomic E-state index is 6.23. The molecule has 0 atom stereocenters. The first-order valence-electron chi connectivity index (χ1n) is 11.2. The highest BCUT2D eigenvalue weighted by atomic mass is 35.5. The Kier molecular flexibility index (Phi) is 5.08. The molecule has 0 unspecified atom stereocenters. The maximum Gasteiger partial charge on any atom is 0.196 e. The molecule has 0 amide bonds. The molecule has 0 aliphatic heterocycles. The number of hydrogen-bond donors (Lipinski definition) is 0. The van der Waals surface area contributed by atoms with Crippen molar-refractivity contribution in [3.8, 4) is 5.69 Å². The quantitative estimate of drug-likeness (QED) is 0.366. The van der Waals surface area contributed by atoms with Crippen LogP contribution in [0.1, 0.15) is 49.9 Å². The van der Waals surface area contributed by atoms with E-state index in [4.69, 9.17) is 33.4 Å². The van der Waals surface area contributed by atoms with Crippen LogP contribution in [0.5, 0.6) is 0 Å². The molecule has 6 heteroatoms. The minimum Gasteiger partial charge on any atom is -0.274 e. The fraction of sp³-hybridized carbons (Fsp3) is 0.440. The molecule has 0 radical (unpaired) electrons. The van der Waals surface area contributed by atoms with E-state index in [9.17, 15) is 0 Å². The number of aromatic nitrogens is 3. The van der Waals surface area contributed by atoms with E-state index >= 15 is 0 Å². The lowest BCUT2D eigenvalue weighted by atomic mass is 9.49. The van der Waals surface area contributed by atoms with Gasteiger partial charge in [-0.05, 0) is 86.1 Å². The molecule has 4 aliphatic carbocycles. The van der Waals surface area contributed by atoms with Crippen LogP contribution in [-0.2, 0) is 11.2 Å². The Morgan fingerprint density at radius 3 is 2.19 bits per heavy atom. The molecular formula is C25H25Cl2N3S. The van der Waals surface area contributed by atoms with Crippen molar-refractivity contribution in [1.82, 2.24) is 14.8 Å². The molecule has 0 N–H and O–H groups in total. The number of para-hydroxylation sites is 1. The van der Waals surface area contributed by atoms with Gasteiger partial charge in [-0.3, -0.25) is 4.57 Å². The molecule has 3 nitrogen and oxygen atoms in total. The number of halogens is 2. The van der Waals surface area contributed by atoms with Gasteiger partial charge in [-0.15, -0.1) is 10.2 Å². The summed E-state index contributed by atoms with van der Waals surface area (Å²) in [5.41, 5.74) is 2.49. The first kappa shape index (κ1) is 20.1.